The van der Waals surface area contributed by atoms with Gasteiger partial charge in [0.1, 0.15) is 11.6 Å². The zero-order valence-electron chi connectivity index (χ0n) is 15.3. The van der Waals surface area contributed by atoms with Crippen molar-refractivity contribution in [3.63, 3.8) is 0 Å². The quantitative estimate of drug-likeness (QED) is 0.850. The van der Waals surface area contributed by atoms with Crippen molar-refractivity contribution in [2.24, 2.45) is 0 Å². The summed E-state index contributed by atoms with van der Waals surface area (Å²) in [7, 11) is 0. The minimum Gasteiger partial charge on any atom is -0.480 e. The summed E-state index contributed by atoms with van der Waals surface area (Å²) in [6, 6.07) is 5.21. The number of carboxylic acid groups (broad SMARTS) is 1. The summed E-state index contributed by atoms with van der Waals surface area (Å²) < 4.78 is 5.39. The molecular formula is C19H27NO4. The van der Waals surface area contributed by atoms with Crippen LogP contribution < -0.4 is 0 Å². The number of ether oxygens (including phenoxy) is 1. The van der Waals surface area contributed by atoms with Gasteiger partial charge in [0, 0.05) is 6.42 Å². The van der Waals surface area contributed by atoms with Crippen molar-refractivity contribution in [2.45, 2.75) is 71.6 Å². The highest BCUT2D eigenvalue weighted by Crippen LogP contribution is 2.30. The molecule has 0 spiro atoms. The topological polar surface area (TPSA) is 66.8 Å². The molecule has 5 heteroatoms. The van der Waals surface area contributed by atoms with E-state index in [0.29, 0.717) is 6.42 Å². The smallest absolute Gasteiger partial charge is 0.411 e. The Labute approximate surface area is 143 Å². The van der Waals surface area contributed by atoms with Crippen molar-refractivity contribution >= 4 is 12.1 Å². The van der Waals surface area contributed by atoms with Crippen LogP contribution in [0.3, 0.4) is 0 Å². The first-order valence-electron chi connectivity index (χ1n) is 8.23. The van der Waals surface area contributed by atoms with Crippen LogP contribution in [0.15, 0.2) is 18.2 Å². The number of aliphatic carboxylic acids is 1. The molecule has 1 N–H and O–H groups in total. The number of benzene rings is 1. The third kappa shape index (κ3) is 4.08. The molecule has 0 bridgehead atoms. The Bertz CT molecular complexity index is 652. The predicted octanol–water partition coefficient (Wildman–Crippen LogP) is 3.73. The maximum absolute atomic E-state index is 12.5. The Morgan fingerprint density at radius 1 is 1.12 bits per heavy atom. The van der Waals surface area contributed by atoms with E-state index in [0.717, 1.165) is 11.1 Å². The summed E-state index contributed by atoms with van der Waals surface area (Å²) in [4.78, 5) is 25.4. The molecule has 1 aliphatic heterocycles. The third-order valence-electron chi connectivity index (χ3n) is 4.12. The van der Waals surface area contributed by atoms with Crippen LogP contribution in [0, 0.1) is 0 Å². The Morgan fingerprint density at radius 3 is 2.25 bits per heavy atom. The SMILES string of the molecule is CC(C)(C)OC(=O)N1Cc2cc(C(C)(C)C)ccc2C[C@H]1C(=O)O. The zero-order chi connectivity index (χ0) is 18.3. The number of nitrogens with zero attached hydrogens (tertiary/aromatic N) is 1. The summed E-state index contributed by atoms with van der Waals surface area (Å²) in [5.41, 5.74) is 2.48. The molecule has 2 rings (SSSR count). The number of carbonyl (C=O) groups excluding carboxylic acids is 1. The molecule has 1 aliphatic rings. The van der Waals surface area contributed by atoms with Crippen LogP contribution in [0.4, 0.5) is 4.79 Å². The van der Waals surface area contributed by atoms with E-state index in [1.807, 2.05) is 12.1 Å². The molecule has 0 saturated heterocycles. The highest BCUT2D eigenvalue weighted by molar-refractivity contribution is 5.81. The molecule has 0 unspecified atom stereocenters. The van der Waals surface area contributed by atoms with Crippen LogP contribution in [0.1, 0.15) is 58.2 Å². The summed E-state index contributed by atoms with van der Waals surface area (Å²) >= 11 is 0. The Morgan fingerprint density at radius 2 is 1.75 bits per heavy atom. The molecule has 24 heavy (non-hydrogen) atoms. The van der Waals surface area contributed by atoms with Crippen LogP contribution in [0.25, 0.3) is 0 Å². The fourth-order valence-electron chi connectivity index (χ4n) is 2.78. The van der Waals surface area contributed by atoms with Gasteiger partial charge in [-0.15, -0.1) is 0 Å². The molecule has 132 valence electrons. The van der Waals surface area contributed by atoms with Crippen LogP contribution in [0.5, 0.6) is 0 Å². The summed E-state index contributed by atoms with van der Waals surface area (Å²) in [6.45, 7) is 12.0. The molecule has 0 aromatic heterocycles. The van der Waals surface area contributed by atoms with Gasteiger partial charge in [0.2, 0.25) is 0 Å². The van der Waals surface area contributed by atoms with Gasteiger partial charge in [0.25, 0.3) is 0 Å². The van der Waals surface area contributed by atoms with Crippen molar-refractivity contribution in [2.75, 3.05) is 0 Å². The lowest BCUT2D eigenvalue weighted by Crippen LogP contribution is -2.50. The average Bonchev–Trinajstić information content (AvgIpc) is 2.42. The molecule has 5 nitrogen and oxygen atoms in total. The van der Waals surface area contributed by atoms with Crippen molar-refractivity contribution < 1.29 is 19.4 Å². The van der Waals surface area contributed by atoms with E-state index < -0.39 is 23.7 Å². The fourth-order valence-corrected chi connectivity index (χ4v) is 2.78. The summed E-state index contributed by atoms with van der Waals surface area (Å²) in [5, 5.41) is 9.52. The second-order valence-corrected chi connectivity index (χ2v) is 8.40. The van der Waals surface area contributed by atoms with Gasteiger partial charge in [-0.2, -0.15) is 0 Å². The van der Waals surface area contributed by atoms with E-state index in [1.54, 1.807) is 20.8 Å². The molecule has 1 amide bonds. The molecule has 0 radical (unpaired) electrons. The first-order chi connectivity index (χ1) is 10.9. The van der Waals surface area contributed by atoms with Crippen molar-refractivity contribution in [3.05, 3.63) is 34.9 Å². The fraction of sp³-hybridized carbons (Fsp3) is 0.579. The van der Waals surface area contributed by atoms with E-state index in [1.165, 1.54) is 10.5 Å². The highest BCUT2D eigenvalue weighted by atomic mass is 16.6. The van der Waals surface area contributed by atoms with E-state index >= 15 is 0 Å². The molecule has 1 heterocycles. The number of rotatable bonds is 1. The zero-order valence-corrected chi connectivity index (χ0v) is 15.3. The first-order valence-corrected chi connectivity index (χ1v) is 8.23. The highest BCUT2D eigenvalue weighted by Gasteiger charge is 2.37. The van der Waals surface area contributed by atoms with Gasteiger partial charge in [-0.25, -0.2) is 9.59 Å². The standard InChI is InChI=1S/C19H27NO4/c1-18(2,3)14-8-7-12-10-15(16(21)22)20(11-13(12)9-14)17(23)24-19(4,5)6/h7-9,15H,10-11H2,1-6H3,(H,21,22)/t15-/m0/s1. The average molecular weight is 333 g/mol. The van der Waals surface area contributed by atoms with Crippen LogP contribution in [-0.4, -0.2) is 33.7 Å². The van der Waals surface area contributed by atoms with E-state index in [9.17, 15) is 14.7 Å². The minimum atomic E-state index is -1.01. The number of fused-ring (bicyclic) bond motifs is 1. The maximum Gasteiger partial charge on any atom is 0.411 e. The van der Waals surface area contributed by atoms with Gasteiger partial charge in [0.15, 0.2) is 0 Å². The van der Waals surface area contributed by atoms with Crippen molar-refractivity contribution in [3.8, 4) is 0 Å². The second kappa shape index (κ2) is 6.11. The number of hydrogen-bond donors (Lipinski definition) is 1. The molecule has 0 saturated carbocycles. The van der Waals surface area contributed by atoms with E-state index in [4.69, 9.17) is 4.74 Å². The van der Waals surface area contributed by atoms with E-state index in [2.05, 4.69) is 26.8 Å². The Kier molecular flexibility index (Phi) is 4.66. The lowest BCUT2D eigenvalue weighted by molar-refractivity contribution is -0.143. The molecule has 0 aliphatic carbocycles. The molecule has 1 aromatic rings. The predicted molar refractivity (Wildman–Crippen MR) is 92.0 cm³/mol. The number of amides is 1. The van der Waals surface area contributed by atoms with Gasteiger partial charge >= 0.3 is 12.1 Å². The lowest BCUT2D eigenvalue weighted by atomic mass is 9.83. The number of carbonyl (C=O) groups is 2. The molecule has 0 fully saturated rings. The largest absolute Gasteiger partial charge is 0.480 e. The first kappa shape index (κ1) is 18.3. The van der Waals surface area contributed by atoms with Gasteiger partial charge < -0.3 is 9.84 Å². The normalized spacial score (nSPS) is 18.1. The maximum atomic E-state index is 12.5. The Hall–Kier alpha value is -2.04. The van der Waals surface area contributed by atoms with Gasteiger partial charge in [-0.3, -0.25) is 4.90 Å². The van der Waals surface area contributed by atoms with Crippen LogP contribution in [0.2, 0.25) is 0 Å². The lowest BCUT2D eigenvalue weighted by Gasteiger charge is -2.36. The van der Waals surface area contributed by atoms with Crippen molar-refractivity contribution in [1.82, 2.24) is 4.90 Å². The monoisotopic (exact) mass is 333 g/mol. The number of hydrogen-bond acceptors (Lipinski definition) is 3. The summed E-state index contributed by atoms with van der Waals surface area (Å²) in [5.74, 6) is -1.01. The molecule has 1 aromatic carbocycles. The molecular weight excluding hydrogens is 306 g/mol. The van der Waals surface area contributed by atoms with Gasteiger partial charge in [0.05, 0.1) is 6.54 Å². The Balaban J connectivity index is 2.36. The van der Waals surface area contributed by atoms with Gasteiger partial charge in [-0.1, -0.05) is 39.0 Å². The number of carboxylic acids is 1. The molecule has 1 atom stereocenters. The summed E-state index contributed by atoms with van der Waals surface area (Å²) in [6.07, 6.45) is -0.282. The second-order valence-electron chi connectivity index (χ2n) is 8.40. The third-order valence-corrected chi connectivity index (χ3v) is 4.12. The van der Waals surface area contributed by atoms with Gasteiger partial charge in [-0.05, 0) is 42.9 Å². The minimum absolute atomic E-state index is 0.00454. The van der Waals surface area contributed by atoms with Crippen LogP contribution in [-0.2, 0) is 27.9 Å². The van der Waals surface area contributed by atoms with E-state index in [-0.39, 0.29) is 12.0 Å². The van der Waals surface area contributed by atoms with Crippen molar-refractivity contribution in [1.29, 1.82) is 0 Å². The van der Waals surface area contributed by atoms with Crippen LogP contribution >= 0.6 is 0 Å².